The summed E-state index contributed by atoms with van der Waals surface area (Å²) in [4.78, 5) is 16.7. The monoisotopic (exact) mass is 406 g/mol. The van der Waals surface area contributed by atoms with Crippen LogP contribution in [0.4, 0.5) is 24.8 Å². The van der Waals surface area contributed by atoms with Gasteiger partial charge in [-0.15, -0.1) is 0 Å². The number of rotatable bonds is 6. The molecule has 1 aromatic carbocycles. The van der Waals surface area contributed by atoms with Gasteiger partial charge in [0.05, 0.1) is 0 Å². The zero-order valence-electron chi connectivity index (χ0n) is 14.0. The van der Waals surface area contributed by atoms with Crippen LogP contribution in [0.25, 0.3) is 0 Å². The number of halogens is 4. The largest absolute Gasteiger partial charge is 0.511 e. The van der Waals surface area contributed by atoms with Gasteiger partial charge in [-0.2, -0.15) is 18.1 Å². The third kappa shape index (κ3) is 4.90. The number of hydrogen-bond donors (Lipinski definition) is 2. The van der Waals surface area contributed by atoms with Gasteiger partial charge < -0.3 is 5.32 Å². The van der Waals surface area contributed by atoms with E-state index < -0.39 is 30.1 Å². The van der Waals surface area contributed by atoms with Crippen LogP contribution in [0.1, 0.15) is 31.4 Å². The molecule has 2 rings (SSSR count). The minimum Gasteiger partial charge on any atom is -0.324 e. The second-order valence-corrected chi connectivity index (χ2v) is 8.00. The van der Waals surface area contributed by atoms with Crippen molar-refractivity contribution in [2.24, 2.45) is 0 Å². The second-order valence-electron chi connectivity index (χ2n) is 6.02. The highest BCUT2D eigenvalue weighted by molar-refractivity contribution is 7.40. The van der Waals surface area contributed by atoms with Crippen LogP contribution in [0, 0.1) is 0 Å². The third-order valence-corrected chi connectivity index (χ3v) is 5.75. The molecule has 2 atom stereocenters. The van der Waals surface area contributed by atoms with Crippen LogP contribution in [0.15, 0.2) is 30.5 Å². The maximum Gasteiger partial charge on any atom is 0.511 e. The molecule has 0 saturated heterocycles. The minimum atomic E-state index is -4.61. The number of nitrogens with one attached hydrogen (secondary N) is 1. The van der Waals surface area contributed by atoms with Gasteiger partial charge >= 0.3 is 14.2 Å². The average molecular weight is 407 g/mol. The van der Waals surface area contributed by atoms with Crippen LogP contribution in [0.2, 0.25) is 5.15 Å². The Bertz CT molecular complexity index is 802. The fourth-order valence-corrected chi connectivity index (χ4v) is 3.04. The highest BCUT2D eigenvalue weighted by Gasteiger charge is 2.42. The normalized spacial score (nSPS) is 14.7. The Morgan fingerprint density at radius 3 is 2.35 bits per heavy atom. The summed E-state index contributed by atoms with van der Waals surface area (Å²) in [5, 5.41) is 1.37. The van der Waals surface area contributed by atoms with Crippen LogP contribution in [-0.2, 0) is 17.2 Å². The number of hydrogen-bond acceptors (Lipinski definition) is 4. The molecular formula is C16H17ClF3N3O2P+. The number of aromatic nitrogens is 2. The standard InChI is InChI=1S/C16H16ClF3N3O2P/c1-3-15(2,26(24)25)8-10-4-6-11(7-5-10)22-14-21-9-12(13(17)23-14)16(18,19)20/h4-7,9H,3,8H2,1-2H3,(H-,21,22,23,24,25)/p+1. The van der Waals surface area contributed by atoms with Crippen LogP contribution in [-0.4, -0.2) is 20.0 Å². The van der Waals surface area contributed by atoms with Gasteiger partial charge in [-0.3, -0.25) is 0 Å². The first-order chi connectivity index (χ1) is 12.0. The smallest absolute Gasteiger partial charge is 0.324 e. The number of nitrogens with zero attached hydrogens (tertiary/aromatic N) is 2. The van der Waals surface area contributed by atoms with Crippen molar-refractivity contribution in [1.29, 1.82) is 0 Å². The zero-order valence-corrected chi connectivity index (χ0v) is 15.7. The SMILES string of the molecule is CCC(C)(Cc1ccc(Nc2ncc(C(F)(F)F)c(Cl)n2)cc1)[P+](=O)O. The summed E-state index contributed by atoms with van der Waals surface area (Å²) >= 11 is 5.56. The molecule has 0 spiro atoms. The van der Waals surface area contributed by atoms with Crippen LogP contribution >= 0.6 is 19.6 Å². The summed E-state index contributed by atoms with van der Waals surface area (Å²) < 4.78 is 49.5. The summed E-state index contributed by atoms with van der Waals surface area (Å²) in [6.07, 6.45) is -3.01. The van der Waals surface area contributed by atoms with Crippen molar-refractivity contribution < 1.29 is 22.6 Å². The molecule has 1 heterocycles. The van der Waals surface area contributed by atoms with E-state index in [0.717, 1.165) is 5.56 Å². The molecule has 2 N–H and O–H groups in total. The van der Waals surface area contributed by atoms with Gasteiger partial charge in [-0.1, -0.05) is 30.7 Å². The van der Waals surface area contributed by atoms with Gasteiger partial charge in [0, 0.05) is 18.3 Å². The lowest BCUT2D eigenvalue weighted by molar-refractivity contribution is -0.137. The predicted octanol–water partition coefficient (Wildman–Crippen LogP) is 5.34. The van der Waals surface area contributed by atoms with Crippen molar-refractivity contribution in [3.63, 3.8) is 0 Å². The summed E-state index contributed by atoms with van der Waals surface area (Å²) in [6.45, 7) is 3.60. The van der Waals surface area contributed by atoms with Gasteiger partial charge in [0.25, 0.3) is 0 Å². The van der Waals surface area contributed by atoms with Crippen LogP contribution in [0.5, 0.6) is 0 Å². The molecule has 2 unspecified atom stereocenters. The molecule has 0 aliphatic carbocycles. The predicted molar refractivity (Wildman–Crippen MR) is 94.0 cm³/mol. The van der Waals surface area contributed by atoms with E-state index in [-0.39, 0.29) is 5.95 Å². The molecule has 0 fully saturated rings. The molecule has 5 nitrogen and oxygen atoms in total. The fourth-order valence-electron chi connectivity index (χ4n) is 2.21. The lowest BCUT2D eigenvalue weighted by atomic mass is 9.97. The van der Waals surface area contributed by atoms with Crippen LogP contribution in [0.3, 0.4) is 0 Å². The van der Waals surface area contributed by atoms with Crippen molar-refractivity contribution >= 4 is 31.3 Å². The van der Waals surface area contributed by atoms with E-state index in [4.69, 9.17) is 11.6 Å². The minimum absolute atomic E-state index is 0.0624. The van der Waals surface area contributed by atoms with E-state index in [1.54, 1.807) is 31.2 Å². The first-order valence-electron chi connectivity index (χ1n) is 7.67. The highest BCUT2D eigenvalue weighted by Crippen LogP contribution is 2.40. The fraction of sp³-hybridized carbons (Fsp3) is 0.375. The van der Waals surface area contributed by atoms with Crippen molar-refractivity contribution in [2.45, 2.75) is 38.0 Å². The maximum atomic E-state index is 12.6. The molecular weight excluding hydrogens is 390 g/mol. The summed E-state index contributed by atoms with van der Waals surface area (Å²) in [5.41, 5.74) is 0.317. The molecule has 140 valence electrons. The van der Waals surface area contributed by atoms with Crippen molar-refractivity contribution in [3.8, 4) is 0 Å². The van der Waals surface area contributed by atoms with Gasteiger partial charge in [-0.05, 0) is 35.6 Å². The van der Waals surface area contributed by atoms with Gasteiger partial charge in [0.15, 0.2) is 5.16 Å². The van der Waals surface area contributed by atoms with E-state index in [1.807, 2.05) is 6.92 Å². The lowest BCUT2D eigenvalue weighted by Gasteiger charge is -2.15. The Labute approximate surface area is 154 Å². The van der Waals surface area contributed by atoms with Gasteiger partial charge in [0.2, 0.25) is 5.95 Å². The van der Waals surface area contributed by atoms with Gasteiger partial charge in [-0.25, -0.2) is 9.97 Å². The summed E-state index contributed by atoms with van der Waals surface area (Å²) in [7, 11) is -2.33. The maximum absolute atomic E-state index is 12.6. The molecule has 0 amide bonds. The molecule has 2 aromatic rings. The molecule has 0 aliphatic heterocycles. The van der Waals surface area contributed by atoms with Gasteiger partial charge in [0.1, 0.15) is 10.7 Å². The molecule has 0 radical (unpaired) electrons. The topological polar surface area (TPSA) is 75.1 Å². The molecule has 0 saturated carbocycles. The number of benzene rings is 1. The lowest BCUT2D eigenvalue weighted by Crippen LogP contribution is -2.21. The number of alkyl halides is 3. The molecule has 26 heavy (non-hydrogen) atoms. The van der Waals surface area contributed by atoms with Crippen LogP contribution < -0.4 is 5.32 Å². The Balaban J connectivity index is 2.12. The zero-order chi connectivity index (χ0) is 19.5. The molecule has 0 aliphatic rings. The summed E-state index contributed by atoms with van der Waals surface area (Å²) in [6, 6.07) is 6.90. The van der Waals surface area contributed by atoms with Crippen molar-refractivity contribution in [2.75, 3.05) is 5.32 Å². The molecule has 1 aromatic heterocycles. The highest BCUT2D eigenvalue weighted by atomic mass is 35.5. The van der Waals surface area contributed by atoms with E-state index >= 15 is 0 Å². The Hall–Kier alpha value is -1.76. The Morgan fingerprint density at radius 1 is 1.27 bits per heavy atom. The van der Waals surface area contributed by atoms with E-state index in [1.165, 1.54) is 0 Å². The first-order valence-corrected chi connectivity index (χ1v) is 9.26. The Kier molecular flexibility index (Phi) is 6.21. The Morgan fingerprint density at radius 2 is 1.88 bits per heavy atom. The molecule has 10 heteroatoms. The average Bonchev–Trinajstić information content (AvgIpc) is 2.55. The van der Waals surface area contributed by atoms with Crippen molar-refractivity contribution in [3.05, 3.63) is 46.7 Å². The number of anilines is 2. The quantitative estimate of drug-likeness (QED) is 0.500. The first kappa shape index (κ1) is 20.6. The molecule has 0 bridgehead atoms. The third-order valence-electron chi connectivity index (χ3n) is 4.07. The van der Waals surface area contributed by atoms with E-state index in [9.17, 15) is 22.6 Å². The second kappa shape index (κ2) is 7.86. The van der Waals surface area contributed by atoms with E-state index in [0.29, 0.717) is 24.7 Å². The van der Waals surface area contributed by atoms with E-state index in [2.05, 4.69) is 15.3 Å². The summed E-state index contributed by atoms with van der Waals surface area (Å²) in [5.74, 6) is -0.0624. The van der Waals surface area contributed by atoms with Crippen molar-refractivity contribution in [1.82, 2.24) is 9.97 Å².